The van der Waals surface area contributed by atoms with E-state index in [2.05, 4.69) is 25.1 Å². The van der Waals surface area contributed by atoms with Gasteiger partial charge in [-0.1, -0.05) is 0 Å². The predicted octanol–water partition coefficient (Wildman–Crippen LogP) is 2.08. The summed E-state index contributed by atoms with van der Waals surface area (Å²) in [4.78, 5) is 13.6. The number of H-pyrrole nitrogens is 1. The number of halogens is 1. The van der Waals surface area contributed by atoms with Crippen LogP contribution in [0.15, 0.2) is 18.6 Å². The number of hydrogen-bond donors (Lipinski definition) is 1. The molecule has 3 aromatic heterocycles. The molecule has 0 aliphatic carbocycles. The maximum Gasteiger partial charge on any atom is 0.159 e. The van der Waals surface area contributed by atoms with E-state index in [1.807, 2.05) is 0 Å². The maximum atomic E-state index is 12.8. The first-order valence-electron chi connectivity index (χ1n) is 6.35. The quantitative estimate of drug-likeness (QED) is 0.784. The highest BCUT2D eigenvalue weighted by molar-refractivity contribution is 7.12. The second-order valence-corrected chi connectivity index (χ2v) is 5.80. The Kier molecular flexibility index (Phi) is 2.97. The van der Waals surface area contributed by atoms with Gasteiger partial charge in [0.1, 0.15) is 10.8 Å². The maximum absolute atomic E-state index is 12.8. The van der Waals surface area contributed by atoms with E-state index < -0.39 is 5.82 Å². The Morgan fingerprint density at radius 3 is 2.95 bits per heavy atom. The molecular weight excluding hydrogens is 293 g/mol. The summed E-state index contributed by atoms with van der Waals surface area (Å²) in [5.74, 6) is 0.110. The first-order chi connectivity index (χ1) is 10.3. The topological polar surface area (TPSA) is 76.6 Å². The van der Waals surface area contributed by atoms with Crippen LogP contribution in [0, 0.1) is 5.82 Å². The van der Waals surface area contributed by atoms with Gasteiger partial charge in [-0.25, -0.2) is 19.3 Å². The van der Waals surface area contributed by atoms with E-state index in [9.17, 15) is 4.39 Å². The Hall–Kier alpha value is -2.19. The van der Waals surface area contributed by atoms with Crippen LogP contribution in [0.2, 0.25) is 0 Å². The van der Waals surface area contributed by atoms with Crippen LogP contribution < -0.4 is 0 Å². The Bertz CT molecular complexity index is 782. The first-order valence-corrected chi connectivity index (χ1v) is 7.16. The molecule has 0 unspecified atom stereocenters. The van der Waals surface area contributed by atoms with Crippen molar-refractivity contribution >= 4 is 11.3 Å². The number of aromatic amines is 1. The number of nitrogens with zero attached hydrogens (tertiary/aromatic N) is 4. The average molecular weight is 303 g/mol. The van der Waals surface area contributed by atoms with Gasteiger partial charge in [-0.3, -0.25) is 5.10 Å². The lowest BCUT2D eigenvalue weighted by Gasteiger charge is -1.97. The van der Waals surface area contributed by atoms with Crippen molar-refractivity contribution in [3.05, 3.63) is 45.8 Å². The molecule has 4 rings (SSSR count). The summed E-state index contributed by atoms with van der Waals surface area (Å²) in [5.41, 5.74) is 2.81. The minimum absolute atomic E-state index is 0.440. The summed E-state index contributed by atoms with van der Waals surface area (Å²) in [6.45, 7) is 1.04. The van der Waals surface area contributed by atoms with Crippen molar-refractivity contribution in [1.29, 1.82) is 0 Å². The number of nitrogens with one attached hydrogen (secondary N) is 1. The molecule has 0 fully saturated rings. The highest BCUT2D eigenvalue weighted by Gasteiger charge is 2.21. The third kappa shape index (κ3) is 2.32. The average Bonchev–Trinajstić information content (AvgIpc) is 3.06. The zero-order chi connectivity index (χ0) is 14.2. The number of thiazole rings is 1. The second kappa shape index (κ2) is 4.97. The molecule has 1 aliphatic heterocycles. The molecule has 0 spiro atoms. The normalized spacial score (nSPS) is 13.6. The van der Waals surface area contributed by atoms with Gasteiger partial charge in [-0.05, 0) is 0 Å². The molecule has 0 radical (unpaired) electrons. The highest BCUT2D eigenvalue weighted by Crippen LogP contribution is 2.33. The van der Waals surface area contributed by atoms with Crippen LogP contribution >= 0.6 is 11.3 Å². The highest BCUT2D eigenvalue weighted by atomic mass is 32.1. The Morgan fingerprint density at radius 1 is 1.24 bits per heavy atom. The second-order valence-electron chi connectivity index (χ2n) is 4.63. The van der Waals surface area contributed by atoms with Gasteiger partial charge in [0, 0.05) is 5.56 Å². The van der Waals surface area contributed by atoms with Gasteiger partial charge in [0.15, 0.2) is 5.82 Å². The Morgan fingerprint density at radius 2 is 2.10 bits per heavy atom. The molecule has 0 amide bonds. The fraction of sp³-hybridized carbons (Fsp3) is 0.231. The Balaban J connectivity index is 1.68. The van der Waals surface area contributed by atoms with E-state index in [1.54, 1.807) is 17.5 Å². The van der Waals surface area contributed by atoms with Crippen molar-refractivity contribution in [3.8, 4) is 11.3 Å². The summed E-state index contributed by atoms with van der Waals surface area (Å²) in [5, 5.41) is 7.85. The van der Waals surface area contributed by atoms with Crippen LogP contribution in [-0.4, -0.2) is 25.1 Å². The number of ether oxygens (including phenoxy) is 1. The molecule has 0 saturated heterocycles. The lowest BCUT2D eigenvalue weighted by molar-refractivity contribution is 0.109. The zero-order valence-electron chi connectivity index (χ0n) is 10.8. The smallest absolute Gasteiger partial charge is 0.159 e. The van der Waals surface area contributed by atoms with Gasteiger partial charge in [0.05, 0.1) is 54.5 Å². The van der Waals surface area contributed by atoms with Crippen LogP contribution in [0.25, 0.3) is 11.3 Å². The molecular formula is C13H10FN5OS. The molecule has 3 aromatic rings. The summed E-state index contributed by atoms with van der Waals surface area (Å²) in [7, 11) is 0. The van der Waals surface area contributed by atoms with Crippen molar-refractivity contribution in [2.45, 2.75) is 19.6 Å². The molecule has 4 heterocycles. The van der Waals surface area contributed by atoms with E-state index in [0.717, 1.165) is 39.2 Å². The van der Waals surface area contributed by atoms with Gasteiger partial charge < -0.3 is 4.74 Å². The van der Waals surface area contributed by atoms with Crippen LogP contribution in [0.3, 0.4) is 0 Å². The van der Waals surface area contributed by atoms with Crippen molar-refractivity contribution in [2.24, 2.45) is 0 Å². The molecule has 0 bridgehead atoms. The van der Waals surface area contributed by atoms with Crippen LogP contribution in [-0.2, 0) is 24.4 Å². The molecule has 106 valence electrons. The summed E-state index contributed by atoms with van der Waals surface area (Å²) in [6, 6.07) is 0. The fourth-order valence-corrected chi connectivity index (χ4v) is 3.24. The molecule has 1 aliphatic rings. The Labute approximate surface area is 123 Å². The van der Waals surface area contributed by atoms with E-state index in [0.29, 0.717) is 25.5 Å². The number of aromatic nitrogens is 5. The zero-order valence-corrected chi connectivity index (χ0v) is 11.7. The molecule has 21 heavy (non-hydrogen) atoms. The molecule has 8 heteroatoms. The van der Waals surface area contributed by atoms with Crippen molar-refractivity contribution in [2.75, 3.05) is 0 Å². The van der Waals surface area contributed by atoms with Crippen LogP contribution in [0.5, 0.6) is 0 Å². The van der Waals surface area contributed by atoms with Gasteiger partial charge in [0.2, 0.25) is 0 Å². The first kappa shape index (κ1) is 12.5. The summed E-state index contributed by atoms with van der Waals surface area (Å²) >= 11 is 1.56. The number of hydrogen-bond acceptors (Lipinski definition) is 6. The largest absolute Gasteiger partial charge is 0.370 e. The SMILES string of the molecule is Fc1cnc(Cc2nc3c(s2)COCc2[nH]ncc2-3)nc1. The van der Waals surface area contributed by atoms with E-state index >= 15 is 0 Å². The van der Waals surface area contributed by atoms with Gasteiger partial charge in [0.25, 0.3) is 0 Å². The van der Waals surface area contributed by atoms with Gasteiger partial charge >= 0.3 is 0 Å². The summed E-state index contributed by atoms with van der Waals surface area (Å²) in [6.07, 6.45) is 4.57. The van der Waals surface area contributed by atoms with E-state index in [1.165, 1.54) is 0 Å². The minimum atomic E-state index is -0.440. The van der Waals surface area contributed by atoms with Crippen molar-refractivity contribution in [1.82, 2.24) is 25.1 Å². The predicted molar refractivity (Wildman–Crippen MR) is 73.0 cm³/mol. The van der Waals surface area contributed by atoms with E-state index in [4.69, 9.17) is 4.74 Å². The fourth-order valence-electron chi connectivity index (χ4n) is 2.22. The minimum Gasteiger partial charge on any atom is -0.370 e. The summed E-state index contributed by atoms with van der Waals surface area (Å²) < 4.78 is 18.4. The molecule has 0 atom stereocenters. The van der Waals surface area contributed by atoms with Gasteiger partial charge in [-0.2, -0.15) is 5.10 Å². The lowest BCUT2D eigenvalue weighted by Crippen LogP contribution is -1.96. The standard InChI is InChI=1S/C13H10FN5OS/c14-7-2-15-11(16-3-7)1-12-18-13-8-4-17-19-9(8)5-20-6-10(13)21-12/h2-4H,1,5-6H2,(H,17,19). The van der Waals surface area contributed by atoms with Crippen LogP contribution in [0.1, 0.15) is 21.4 Å². The van der Waals surface area contributed by atoms with Crippen molar-refractivity contribution < 1.29 is 9.13 Å². The third-order valence-corrected chi connectivity index (χ3v) is 4.21. The molecule has 6 nitrogen and oxygen atoms in total. The molecule has 0 saturated carbocycles. The lowest BCUT2D eigenvalue weighted by atomic mass is 10.2. The number of fused-ring (bicyclic) bond motifs is 3. The van der Waals surface area contributed by atoms with Crippen LogP contribution in [0.4, 0.5) is 4.39 Å². The van der Waals surface area contributed by atoms with Crippen molar-refractivity contribution in [3.63, 3.8) is 0 Å². The molecule has 1 N–H and O–H groups in total. The monoisotopic (exact) mass is 303 g/mol. The third-order valence-electron chi connectivity index (χ3n) is 3.18. The van der Waals surface area contributed by atoms with E-state index in [-0.39, 0.29) is 0 Å². The van der Waals surface area contributed by atoms with Gasteiger partial charge in [-0.15, -0.1) is 11.3 Å². The number of rotatable bonds is 2. The molecule has 0 aromatic carbocycles.